The molecule has 5 nitrogen and oxygen atoms in total. The number of likely N-dealkylation sites (N-methyl/N-ethyl adjacent to an activating group) is 1. The smallest absolute Gasteiger partial charge is 0.264 e. The van der Waals surface area contributed by atoms with Crippen LogP contribution in [0.1, 0.15) is 28.7 Å². The van der Waals surface area contributed by atoms with E-state index in [2.05, 4.69) is 16.9 Å². The predicted octanol–water partition coefficient (Wildman–Crippen LogP) is 3.81. The van der Waals surface area contributed by atoms with E-state index in [0.29, 0.717) is 0 Å². The van der Waals surface area contributed by atoms with Gasteiger partial charge in [0.1, 0.15) is 4.83 Å². The Kier molecular flexibility index (Phi) is 5.74. The van der Waals surface area contributed by atoms with Gasteiger partial charge in [0.2, 0.25) is 0 Å². The topological polar surface area (TPSA) is 41.4 Å². The van der Waals surface area contributed by atoms with Gasteiger partial charge in [0, 0.05) is 25.0 Å². The molecule has 1 aromatic carbocycles. The van der Waals surface area contributed by atoms with Crippen molar-refractivity contribution in [3.8, 4) is 5.69 Å². The molecule has 1 amide bonds. The van der Waals surface area contributed by atoms with Gasteiger partial charge in [0.25, 0.3) is 5.91 Å². The fourth-order valence-electron chi connectivity index (χ4n) is 2.96. The molecule has 0 bridgehead atoms. The number of benzene rings is 1. The van der Waals surface area contributed by atoms with Crippen molar-refractivity contribution < 1.29 is 4.79 Å². The number of thiophene rings is 1. The van der Waals surface area contributed by atoms with Gasteiger partial charge in [0.15, 0.2) is 0 Å². The first-order valence-electron chi connectivity index (χ1n) is 9.00. The number of carbonyl (C=O) groups excluding carboxylic acids is 1. The van der Waals surface area contributed by atoms with E-state index in [0.717, 1.165) is 52.5 Å². The van der Waals surface area contributed by atoms with E-state index in [1.165, 1.54) is 11.3 Å². The van der Waals surface area contributed by atoms with E-state index in [1.807, 2.05) is 67.0 Å². The molecule has 0 N–H and O–H groups in total. The molecule has 0 fully saturated rings. The van der Waals surface area contributed by atoms with E-state index in [9.17, 15) is 4.79 Å². The maximum atomic E-state index is 13.1. The van der Waals surface area contributed by atoms with E-state index in [4.69, 9.17) is 0 Å². The standard InChI is InChI=1S/C20H26N4OS/c1-5-11-23(13-12-22(3)4)19(25)18-14-17-15(2)21-24(20(17)26-18)16-9-7-6-8-10-16/h6-10,14H,5,11-13H2,1-4H3. The number of fused-ring (bicyclic) bond motifs is 1. The third-order valence-corrected chi connectivity index (χ3v) is 5.45. The van der Waals surface area contributed by atoms with Gasteiger partial charge in [-0.1, -0.05) is 25.1 Å². The molecule has 26 heavy (non-hydrogen) atoms. The number of nitrogens with zero attached hydrogens (tertiary/aromatic N) is 4. The highest BCUT2D eigenvalue weighted by Crippen LogP contribution is 2.31. The second-order valence-electron chi connectivity index (χ2n) is 6.76. The van der Waals surface area contributed by atoms with Crippen LogP contribution in [0.4, 0.5) is 0 Å². The second-order valence-corrected chi connectivity index (χ2v) is 7.79. The summed E-state index contributed by atoms with van der Waals surface area (Å²) in [4.78, 5) is 18.9. The molecule has 0 aliphatic heterocycles. The van der Waals surface area contributed by atoms with Gasteiger partial charge in [-0.15, -0.1) is 11.3 Å². The lowest BCUT2D eigenvalue weighted by atomic mass is 10.3. The van der Waals surface area contributed by atoms with Crippen molar-refractivity contribution in [3.63, 3.8) is 0 Å². The van der Waals surface area contributed by atoms with Gasteiger partial charge in [-0.05, 0) is 45.6 Å². The zero-order valence-corrected chi connectivity index (χ0v) is 16.7. The lowest BCUT2D eigenvalue weighted by Crippen LogP contribution is -2.36. The average Bonchev–Trinajstić information content (AvgIpc) is 3.19. The summed E-state index contributed by atoms with van der Waals surface area (Å²) in [5.41, 5.74) is 1.97. The second kappa shape index (κ2) is 8.01. The SMILES string of the molecule is CCCN(CCN(C)C)C(=O)c1cc2c(C)nn(-c3ccccc3)c2s1. The first-order chi connectivity index (χ1) is 12.5. The van der Waals surface area contributed by atoms with Crippen LogP contribution in [0.25, 0.3) is 15.9 Å². The number of para-hydroxylation sites is 1. The van der Waals surface area contributed by atoms with Crippen LogP contribution in [0.5, 0.6) is 0 Å². The molecule has 138 valence electrons. The molecule has 0 atom stereocenters. The highest BCUT2D eigenvalue weighted by Gasteiger charge is 2.21. The van der Waals surface area contributed by atoms with Crippen molar-refractivity contribution in [2.75, 3.05) is 33.7 Å². The van der Waals surface area contributed by atoms with Gasteiger partial charge in [-0.25, -0.2) is 4.68 Å². The van der Waals surface area contributed by atoms with Crippen LogP contribution in [-0.2, 0) is 0 Å². The number of hydrogen-bond acceptors (Lipinski definition) is 4. The third-order valence-electron chi connectivity index (χ3n) is 4.35. The van der Waals surface area contributed by atoms with Crippen molar-refractivity contribution in [2.24, 2.45) is 0 Å². The fourth-order valence-corrected chi connectivity index (χ4v) is 4.11. The molecule has 0 saturated heterocycles. The molecule has 2 aromatic heterocycles. The van der Waals surface area contributed by atoms with Crippen LogP contribution in [0.3, 0.4) is 0 Å². The summed E-state index contributed by atoms with van der Waals surface area (Å²) < 4.78 is 1.94. The number of carbonyl (C=O) groups is 1. The molecule has 0 aliphatic rings. The number of aryl methyl sites for hydroxylation is 1. The Balaban J connectivity index is 1.94. The number of aromatic nitrogens is 2. The molecule has 6 heteroatoms. The summed E-state index contributed by atoms with van der Waals surface area (Å²) in [7, 11) is 4.07. The average molecular weight is 371 g/mol. The van der Waals surface area contributed by atoms with E-state index in [1.54, 1.807) is 0 Å². The monoisotopic (exact) mass is 370 g/mol. The Labute approximate surface area is 158 Å². The van der Waals surface area contributed by atoms with Crippen LogP contribution < -0.4 is 0 Å². The first kappa shape index (κ1) is 18.6. The molecule has 3 aromatic rings. The van der Waals surface area contributed by atoms with Crippen molar-refractivity contribution in [3.05, 3.63) is 47.0 Å². The zero-order chi connectivity index (χ0) is 18.7. The highest BCUT2D eigenvalue weighted by molar-refractivity contribution is 7.20. The molecule has 0 unspecified atom stereocenters. The Hall–Kier alpha value is -2.18. The largest absolute Gasteiger partial charge is 0.337 e. The summed E-state index contributed by atoms with van der Waals surface area (Å²) >= 11 is 1.53. The van der Waals surface area contributed by atoms with Crippen molar-refractivity contribution in [1.29, 1.82) is 0 Å². The lowest BCUT2D eigenvalue weighted by Gasteiger charge is -2.23. The summed E-state index contributed by atoms with van der Waals surface area (Å²) in [5, 5.41) is 5.72. The van der Waals surface area contributed by atoms with Crippen LogP contribution in [-0.4, -0.2) is 59.2 Å². The van der Waals surface area contributed by atoms with Crippen molar-refractivity contribution in [2.45, 2.75) is 20.3 Å². The van der Waals surface area contributed by atoms with Crippen LogP contribution >= 0.6 is 11.3 Å². The van der Waals surface area contributed by atoms with Crippen LogP contribution in [0.15, 0.2) is 36.4 Å². The predicted molar refractivity (Wildman–Crippen MR) is 108 cm³/mol. The zero-order valence-electron chi connectivity index (χ0n) is 15.9. The summed E-state index contributed by atoms with van der Waals surface area (Å²) in [6, 6.07) is 12.1. The van der Waals surface area contributed by atoms with Crippen LogP contribution in [0.2, 0.25) is 0 Å². The number of hydrogen-bond donors (Lipinski definition) is 0. The Morgan fingerprint density at radius 2 is 1.88 bits per heavy atom. The van der Waals surface area contributed by atoms with Gasteiger partial charge in [-0.2, -0.15) is 5.10 Å². The minimum atomic E-state index is 0.119. The Morgan fingerprint density at radius 1 is 1.15 bits per heavy atom. The molecular formula is C20H26N4OS. The highest BCUT2D eigenvalue weighted by atomic mass is 32.1. The maximum Gasteiger partial charge on any atom is 0.264 e. The number of rotatable bonds is 7. The molecular weight excluding hydrogens is 344 g/mol. The van der Waals surface area contributed by atoms with Crippen LogP contribution in [0, 0.1) is 6.92 Å². The van der Waals surface area contributed by atoms with E-state index in [-0.39, 0.29) is 5.91 Å². The minimum Gasteiger partial charge on any atom is -0.337 e. The van der Waals surface area contributed by atoms with Crippen molar-refractivity contribution >= 4 is 27.5 Å². The lowest BCUT2D eigenvalue weighted by molar-refractivity contribution is 0.0750. The molecule has 0 spiro atoms. The summed E-state index contributed by atoms with van der Waals surface area (Å²) in [5.74, 6) is 0.119. The van der Waals surface area contributed by atoms with Crippen molar-refractivity contribution in [1.82, 2.24) is 19.6 Å². The van der Waals surface area contributed by atoms with E-state index >= 15 is 0 Å². The quantitative estimate of drug-likeness (QED) is 0.635. The molecule has 0 radical (unpaired) electrons. The fraction of sp³-hybridized carbons (Fsp3) is 0.400. The van der Waals surface area contributed by atoms with Gasteiger partial charge >= 0.3 is 0 Å². The minimum absolute atomic E-state index is 0.119. The normalized spacial score (nSPS) is 11.4. The summed E-state index contributed by atoms with van der Waals surface area (Å²) in [6.07, 6.45) is 0.959. The molecule has 3 rings (SSSR count). The molecule has 2 heterocycles. The molecule has 0 saturated carbocycles. The maximum absolute atomic E-state index is 13.1. The van der Waals surface area contributed by atoms with Gasteiger partial charge in [-0.3, -0.25) is 4.79 Å². The Morgan fingerprint density at radius 3 is 2.54 bits per heavy atom. The van der Waals surface area contributed by atoms with E-state index < -0.39 is 0 Å². The molecule has 0 aliphatic carbocycles. The Bertz CT molecular complexity index is 882. The number of amides is 1. The van der Waals surface area contributed by atoms with Gasteiger partial charge < -0.3 is 9.80 Å². The summed E-state index contributed by atoms with van der Waals surface area (Å²) in [6.45, 7) is 6.51. The third kappa shape index (κ3) is 3.81. The first-order valence-corrected chi connectivity index (χ1v) is 9.81. The van der Waals surface area contributed by atoms with Gasteiger partial charge in [0.05, 0.1) is 16.3 Å².